The molecule has 0 amide bonds. The third-order valence-electron chi connectivity index (χ3n) is 7.16. The van der Waals surface area contributed by atoms with Crippen LogP contribution >= 0.6 is 7.60 Å². The maximum atomic E-state index is 11.0. The van der Waals surface area contributed by atoms with Crippen LogP contribution in [-0.4, -0.2) is 20.5 Å². The van der Waals surface area contributed by atoms with E-state index in [1.165, 1.54) is 44.1 Å². The van der Waals surface area contributed by atoms with Crippen LogP contribution in [0.1, 0.15) is 38.5 Å². The summed E-state index contributed by atoms with van der Waals surface area (Å²) in [5.74, 6) is 0. The van der Waals surface area contributed by atoms with Gasteiger partial charge in [0.25, 0.3) is 0 Å². The fraction of sp³-hybridized carbons (Fsp3) is 0.250. The molecule has 0 aliphatic rings. The molecule has 2 N–H and O–H groups in total. The minimum absolute atomic E-state index is 0.00425. The number of unbranched alkanes of at least 4 members (excludes halogenated alkanes) is 5. The molecule has 0 radical (unpaired) electrons. The van der Waals surface area contributed by atoms with Gasteiger partial charge in [0.2, 0.25) is 0 Å². The minimum atomic E-state index is -3.86. The molecule has 0 atom stereocenters. The Morgan fingerprint density at radius 1 is 0.541 bits per heavy atom. The van der Waals surface area contributed by atoms with Gasteiger partial charge in [0.05, 0.1) is 0 Å². The molecule has 0 fully saturated rings. The van der Waals surface area contributed by atoms with E-state index in [0.29, 0.717) is 6.42 Å². The van der Waals surface area contributed by atoms with Crippen molar-refractivity contribution in [2.45, 2.75) is 45.1 Å². The van der Waals surface area contributed by atoms with Gasteiger partial charge in [0.15, 0.2) is 0 Å². The molecule has 0 unspecified atom stereocenters. The van der Waals surface area contributed by atoms with Crippen LogP contribution < -0.4 is 0 Å². The Hall–Kier alpha value is -3.17. The Morgan fingerprint density at radius 3 is 1.49 bits per heavy atom. The second-order valence-corrected chi connectivity index (χ2v) is 11.6. The molecule has 0 saturated carbocycles. The lowest BCUT2D eigenvalue weighted by Crippen LogP contribution is -1.98. The highest BCUT2D eigenvalue weighted by Gasteiger charge is 2.14. The van der Waals surface area contributed by atoms with Gasteiger partial charge >= 0.3 is 7.60 Å². The van der Waals surface area contributed by atoms with Crippen LogP contribution in [0, 0.1) is 0 Å². The first-order valence-electron chi connectivity index (χ1n) is 13.2. The molecule has 5 aromatic rings. The van der Waals surface area contributed by atoms with Crippen LogP contribution in [0.25, 0.3) is 44.1 Å². The van der Waals surface area contributed by atoms with E-state index >= 15 is 0 Å². The first kappa shape index (κ1) is 25.5. The summed E-state index contributed by atoms with van der Waals surface area (Å²) >= 11 is 0. The van der Waals surface area contributed by atoms with E-state index < -0.39 is 7.60 Å². The van der Waals surface area contributed by atoms with E-state index in [0.717, 1.165) is 38.6 Å². The lowest BCUT2D eigenvalue weighted by Gasteiger charge is -2.09. The van der Waals surface area contributed by atoms with Gasteiger partial charge in [-0.1, -0.05) is 98.5 Å². The van der Waals surface area contributed by atoms with Crippen LogP contribution in [-0.2, 0) is 11.1 Å². The van der Waals surface area contributed by atoms with Crippen LogP contribution in [0.4, 0.5) is 0 Å². The van der Waals surface area contributed by atoms with Crippen molar-refractivity contribution >= 4 is 29.4 Å². The lowest BCUT2D eigenvalue weighted by atomic mass is 10.0. The van der Waals surface area contributed by atoms with E-state index in [4.69, 9.17) is 9.79 Å². The summed E-state index contributed by atoms with van der Waals surface area (Å²) in [6.45, 7) is 0.956. The average molecular weight is 512 g/mol. The fourth-order valence-corrected chi connectivity index (χ4v) is 5.90. The smallest absolute Gasteiger partial charge is 0.325 e. The molecular formula is C32H34NO3P. The third kappa shape index (κ3) is 6.22. The number of hydrogen-bond acceptors (Lipinski definition) is 1. The van der Waals surface area contributed by atoms with Gasteiger partial charge in [-0.25, -0.2) is 0 Å². The molecule has 0 spiro atoms. The summed E-state index contributed by atoms with van der Waals surface area (Å²) in [7, 11) is -3.86. The molecule has 4 aromatic carbocycles. The molecular weight excluding hydrogens is 477 g/mol. The second kappa shape index (κ2) is 11.5. The Labute approximate surface area is 218 Å². The number of aryl methyl sites for hydroxylation is 1. The lowest BCUT2D eigenvalue weighted by molar-refractivity contribution is 0.370. The number of rotatable bonds is 11. The zero-order valence-electron chi connectivity index (χ0n) is 21.1. The molecule has 0 bridgehead atoms. The van der Waals surface area contributed by atoms with Crippen molar-refractivity contribution < 1.29 is 14.4 Å². The largest absolute Gasteiger partial charge is 0.340 e. The topological polar surface area (TPSA) is 62.5 Å². The molecule has 5 heteroatoms. The number of benzene rings is 4. The van der Waals surface area contributed by atoms with Gasteiger partial charge in [-0.3, -0.25) is 4.57 Å². The predicted molar refractivity (Wildman–Crippen MR) is 155 cm³/mol. The van der Waals surface area contributed by atoms with E-state index in [9.17, 15) is 4.57 Å². The zero-order valence-corrected chi connectivity index (χ0v) is 22.0. The summed E-state index contributed by atoms with van der Waals surface area (Å²) in [5.41, 5.74) is 7.44. The van der Waals surface area contributed by atoms with Crippen LogP contribution in [0.2, 0.25) is 0 Å². The summed E-state index contributed by atoms with van der Waals surface area (Å²) in [4.78, 5) is 18.0. The second-order valence-electron chi connectivity index (χ2n) is 9.86. The van der Waals surface area contributed by atoms with Crippen molar-refractivity contribution in [1.29, 1.82) is 0 Å². The molecule has 0 saturated heterocycles. The molecule has 4 nitrogen and oxygen atoms in total. The summed E-state index contributed by atoms with van der Waals surface area (Å²) in [5, 5.41) is 2.57. The molecule has 1 heterocycles. The quantitative estimate of drug-likeness (QED) is 0.138. The minimum Gasteiger partial charge on any atom is -0.340 e. The predicted octanol–water partition coefficient (Wildman–Crippen LogP) is 8.65. The monoisotopic (exact) mass is 511 g/mol. The van der Waals surface area contributed by atoms with E-state index in [2.05, 4.69) is 102 Å². The van der Waals surface area contributed by atoms with Crippen molar-refractivity contribution in [3.05, 3.63) is 97.1 Å². The molecule has 1 aromatic heterocycles. The zero-order chi connectivity index (χ0) is 25.7. The van der Waals surface area contributed by atoms with Gasteiger partial charge in [-0.15, -0.1) is 0 Å². The fourth-order valence-electron chi connectivity index (χ4n) is 5.26. The Balaban J connectivity index is 1.40. The van der Waals surface area contributed by atoms with Crippen LogP contribution in [0.5, 0.6) is 0 Å². The summed E-state index contributed by atoms with van der Waals surface area (Å²) in [6.07, 6.45) is 5.79. The van der Waals surface area contributed by atoms with Gasteiger partial charge in [-0.05, 0) is 59.4 Å². The molecule has 0 aliphatic carbocycles. The SMILES string of the molecule is O=P(O)(O)CCCCCCCCn1c2ccc(-c3ccccc3)cc2c2cc(-c3ccccc3)ccc21. The first-order chi connectivity index (χ1) is 18.0. The maximum Gasteiger partial charge on any atom is 0.325 e. The number of aromatic nitrogens is 1. The first-order valence-corrected chi connectivity index (χ1v) is 15.0. The highest BCUT2D eigenvalue weighted by atomic mass is 31.2. The molecule has 190 valence electrons. The number of fused-ring (bicyclic) bond motifs is 3. The average Bonchev–Trinajstić information content (AvgIpc) is 3.22. The van der Waals surface area contributed by atoms with Crippen molar-refractivity contribution in [2.75, 3.05) is 6.16 Å². The van der Waals surface area contributed by atoms with Gasteiger partial charge in [-0.2, -0.15) is 0 Å². The van der Waals surface area contributed by atoms with Crippen molar-refractivity contribution in [1.82, 2.24) is 4.57 Å². The van der Waals surface area contributed by atoms with Gasteiger partial charge in [0, 0.05) is 34.5 Å². The van der Waals surface area contributed by atoms with Crippen LogP contribution in [0.15, 0.2) is 97.1 Å². The van der Waals surface area contributed by atoms with E-state index in [1.807, 2.05) is 0 Å². The van der Waals surface area contributed by atoms with Crippen molar-refractivity contribution in [3.8, 4) is 22.3 Å². The van der Waals surface area contributed by atoms with Gasteiger partial charge in [0.1, 0.15) is 0 Å². The molecule has 37 heavy (non-hydrogen) atoms. The number of hydrogen-bond donors (Lipinski definition) is 2. The Kier molecular flexibility index (Phi) is 7.90. The van der Waals surface area contributed by atoms with Crippen molar-refractivity contribution in [3.63, 3.8) is 0 Å². The van der Waals surface area contributed by atoms with Crippen molar-refractivity contribution in [2.24, 2.45) is 0 Å². The van der Waals surface area contributed by atoms with E-state index in [1.54, 1.807) is 0 Å². The van der Waals surface area contributed by atoms with E-state index in [-0.39, 0.29) is 6.16 Å². The Bertz CT molecular complexity index is 1420. The van der Waals surface area contributed by atoms with Gasteiger partial charge < -0.3 is 14.4 Å². The molecule has 5 rings (SSSR count). The standard InChI is InChI=1S/C32H34NO3P/c34-37(35,36)22-12-4-2-1-3-11-21-33-31-19-17-27(25-13-7-5-8-14-25)23-29(31)30-24-28(18-20-32(30)33)26-15-9-6-10-16-26/h5-10,13-20,23-24H,1-4,11-12,21-22H2,(H2,34,35,36). The Morgan fingerprint density at radius 2 is 1.00 bits per heavy atom. The summed E-state index contributed by atoms with van der Waals surface area (Å²) in [6, 6.07) is 34.8. The molecule has 0 aliphatic heterocycles. The highest BCUT2D eigenvalue weighted by Crippen LogP contribution is 2.36. The normalized spacial score (nSPS) is 11.9. The number of nitrogens with zero attached hydrogens (tertiary/aromatic N) is 1. The summed E-state index contributed by atoms with van der Waals surface area (Å²) < 4.78 is 13.5. The highest BCUT2D eigenvalue weighted by molar-refractivity contribution is 7.51. The third-order valence-corrected chi connectivity index (χ3v) is 8.06. The van der Waals surface area contributed by atoms with Crippen LogP contribution in [0.3, 0.4) is 0 Å². The maximum absolute atomic E-state index is 11.0.